The molecule has 1 atom stereocenters. The molecule has 32 heavy (non-hydrogen) atoms. The van der Waals surface area contributed by atoms with Gasteiger partial charge >= 0.3 is 0 Å². The van der Waals surface area contributed by atoms with E-state index in [1.54, 1.807) is 54.3 Å². The van der Waals surface area contributed by atoms with Crippen LogP contribution in [0.2, 0.25) is 0 Å². The molecule has 1 heterocycles. The Morgan fingerprint density at radius 1 is 1.06 bits per heavy atom. The third-order valence-electron chi connectivity index (χ3n) is 5.02. The van der Waals surface area contributed by atoms with Crippen molar-refractivity contribution in [3.8, 4) is 0 Å². The van der Waals surface area contributed by atoms with Crippen molar-refractivity contribution in [2.24, 2.45) is 0 Å². The lowest BCUT2D eigenvalue weighted by Gasteiger charge is -2.26. The molecule has 0 aliphatic carbocycles. The van der Waals surface area contributed by atoms with Gasteiger partial charge in [0.15, 0.2) is 0 Å². The van der Waals surface area contributed by atoms with Crippen molar-refractivity contribution in [1.29, 1.82) is 0 Å². The number of nitrogens with one attached hydrogen (secondary N) is 1. The van der Waals surface area contributed by atoms with Crippen LogP contribution in [0.3, 0.4) is 0 Å². The largest absolute Gasteiger partial charge is 0.295 e. The third kappa shape index (κ3) is 4.39. The highest BCUT2D eigenvalue weighted by Crippen LogP contribution is 2.42. The van der Waals surface area contributed by atoms with E-state index in [1.165, 1.54) is 42.1 Å². The topological polar surface area (TPSA) is 83.6 Å². The molecule has 6 nitrogen and oxygen atoms in total. The van der Waals surface area contributed by atoms with Gasteiger partial charge in [0, 0.05) is 11.3 Å². The molecule has 0 spiro atoms. The molecular formula is C23H19FN2O4S2. The fraction of sp³-hybridized carbons (Fsp3) is 0.130. The molecule has 1 N–H and O–H groups in total. The van der Waals surface area contributed by atoms with E-state index in [0.717, 1.165) is 5.56 Å². The van der Waals surface area contributed by atoms with Gasteiger partial charge in [-0.15, -0.1) is 11.8 Å². The number of carbonyl (C=O) groups excluding carboxylic acids is 2. The van der Waals surface area contributed by atoms with E-state index >= 15 is 0 Å². The molecule has 1 fully saturated rings. The number of sulfonamides is 1. The van der Waals surface area contributed by atoms with Crippen LogP contribution in [0.5, 0.6) is 0 Å². The Morgan fingerprint density at radius 3 is 2.41 bits per heavy atom. The molecule has 2 amide bonds. The number of anilines is 1. The van der Waals surface area contributed by atoms with Crippen LogP contribution in [0.15, 0.2) is 77.7 Å². The summed E-state index contributed by atoms with van der Waals surface area (Å²) in [4.78, 5) is 26.8. The molecule has 3 aromatic carbocycles. The third-order valence-corrected chi connectivity index (χ3v) is 7.58. The van der Waals surface area contributed by atoms with Gasteiger partial charge in [-0.2, -0.15) is 0 Å². The first-order valence-electron chi connectivity index (χ1n) is 9.68. The number of nitrogens with zero attached hydrogens (tertiary/aromatic N) is 1. The van der Waals surface area contributed by atoms with Crippen LogP contribution in [-0.2, 0) is 14.8 Å². The molecule has 0 bridgehead atoms. The summed E-state index contributed by atoms with van der Waals surface area (Å²) in [5.41, 5.74) is 2.19. The summed E-state index contributed by atoms with van der Waals surface area (Å²) in [6.45, 7) is 1.75. The predicted molar refractivity (Wildman–Crippen MR) is 121 cm³/mol. The molecular weight excluding hydrogens is 451 g/mol. The summed E-state index contributed by atoms with van der Waals surface area (Å²) in [5, 5.41) is -0.320. The maximum Gasteiger partial charge on any atom is 0.265 e. The SMILES string of the molecule is Cc1cc(C(=O)NS(=O)(=O)c2ccccc2)ccc1N1C(=O)CSC1c1ccc(F)cc1. The number of thioether (sulfide) groups is 1. The minimum atomic E-state index is -4.00. The van der Waals surface area contributed by atoms with Crippen LogP contribution < -0.4 is 9.62 Å². The van der Waals surface area contributed by atoms with Gasteiger partial charge in [-0.3, -0.25) is 14.5 Å². The molecule has 3 aromatic rings. The summed E-state index contributed by atoms with van der Waals surface area (Å²) in [6, 6.07) is 18.3. The lowest BCUT2D eigenvalue weighted by atomic mass is 10.1. The Balaban J connectivity index is 1.59. The molecule has 1 aliphatic rings. The van der Waals surface area contributed by atoms with Gasteiger partial charge in [-0.25, -0.2) is 17.5 Å². The van der Waals surface area contributed by atoms with Gasteiger partial charge in [0.25, 0.3) is 15.9 Å². The summed E-state index contributed by atoms with van der Waals surface area (Å²) >= 11 is 1.43. The molecule has 0 radical (unpaired) electrons. The number of rotatable bonds is 5. The van der Waals surface area contributed by atoms with Crippen LogP contribution in [0.4, 0.5) is 10.1 Å². The molecule has 164 valence electrons. The minimum absolute atomic E-state index is 0.0106. The molecule has 1 saturated heterocycles. The van der Waals surface area contributed by atoms with Crippen LogP contribution in [0, 0.1) is 12.7 Å². The molecule has 1 unspecified atom stereocenters. The zero-order chi connectivity index (χ0) is 22.9. The Labute approximate surface area is 189 Å². The highest BCUT2D eigenvalue weighted by molar-refractivity contribution is 8.00. The van der Waals surface area contributed by atoms with Crippen molar-refractivity contribution >= 4 is 39.3 Å². The number of halogens is 1. The van der Waals surface area contributed by atoms with Crippen molar-refractivity contribution in [3.63, 3.8) is 0 Å². The first-order valence-corrected chi connectivity index (χ1v) is 12.2. The number of aryl methyl sites for hydroxylation is 1. The lowest BCUT2D eigenvalue weighted by Crippen LogP contribution is -2.31. The van der Waals surface area contributed by atoms with Gasteiger partial charge in [0.05, 0.1) is 10.6 Å². The summed E-state index contributed by atoms with van der Waals surface area (Å²) in [6.07, 6.45) is 0. The fourth-order valence-corrected chi connectivity index (χ4v) is 5.63. The Hall–Kier alpha value is -3.17. The molecule has 1 aliphatic heterocycles. The molecule has 0 saturated carbocycles. The van der Waals surface area contributed by atoms with E-state index in [-0.39, 0.29) is 33.3 Å². The van der Waals surface area contributed by atoms with Crippen molar-refractivity contribution in [1.82, 2.24) is 4.72 Å². The zero-order valence-corrected chi connectivity index (χ0v) is 18.6. The van der Waals surface area contributed by atoms with Crippen LogP contribution in [0.1, 0.15) is 26.9 Å². The Kier molecular flexibility index (Phi) is 6.03. The first kappa shape index (κ1) is 22.0. The standard InChI is InChI=1S/C23H19FN2O4S2/c1-15-13-17(22(28)25-32(29,30)19-5-3-2-4-6-19)9-12-20(15)26-21(27)14-31-23(26)16-7-10-18(24)11-8-16/h2-13,23H,14H2,1H3,(H,25,28). The van der Waals surface area contributed by atoms with Gasteiger partial charge < -0.3 is 0 Å². The monoisotopic (exact) mass is 470 g/mol. The number of hydrogen-bond acceptors (Lipinski definition) is 5. The van der Waals surface area contributed by atoms with E-state index in [2.05, 4.69) is 4.72 Å². The molecule has 0 aromatic heterocycles. The van der Waals surface area contributed by atoms with E-state index in [1.807, 2.05) is 0 Å². The van der Waals surface area contributed by atoms with Crippen molar-refractivity contribution in [2.75, 3.05) is 10.7 Å². The van der Waals surface area contributed by atoms with Gasteiger partial charge in [0.1, 0.15) is 11.2 Å². The quantitative estimate of drug-likeness (QED) is 0.609. The van der Waals surface area contributed by atoms with Crippen molar-refractivity contribution < 1.29 is 22.4 Å². The van der Waals surface area contributed by atoms with Crippen molar-refractivity contribution in [3.05, 3.63) is 95.3 Å². The summed E-state index contributed by atoms with van der Waals surface area (Å²) in [5.74, 6) is -0.942. The van der Waals surface area contributed by atoms with E-state index in [0.29, 0.717) is 11.3 Å². The fourth-order valence-electron chi connectivity index (χ4n) is 3.46. The lowest BCUT2D eigenvalue weighted by molar-refractivity contribution is -0.115. The van der Waals surface area contributed by atoms with Gasteiger partial charge in [-0.05, 0) is 60.5 Å². The maximum absolute atomic E-state index is 13.3. The zero-order valence-electron chi connectivity index (χ0n) is 17.0. The highest BCUT2D eigenvalue weighted by atomic mass is 32.2. The molecule has 4 rings (SSSR count). The van der Waals surface area contributed by atoms with Gasteiger partial charge in [-0.1, -0.05) is 30.3 Å². The number of amides is 2. The van der Waals surface area contributed by atoms with E-state index in [4.69, 9.17) is 0 Å². The summed E-state index contributed by atoms with van der Waals surface area (Å²) in [7, 11) is -4.00. The average Bonchev–Trinajstić information content (AvgIpc) is 3.15. The second-order valence-electron chi connectivity index (χ2n) is 7.23. The van der Waals surface area contributed by atoms with Crippen LogP contribution >= 0.6 is 11.8 Å². The second-order valence-corrected chi connectivity index (χ2v) is 9.98. The maximum atomic E-state index is 13.3. The van der Waals surface area contributed by atoms with E-state index in [9.17, 15) is 22.4 Å². The average molecular weight is 471 g/mol. The number of carbonyl (C=O) groups is 2. The molecule has 9 heteroatoms. The van der Waals surface area contributed by atoms with Gasteiger partial charge in [0.2, 0.25) is 5.91 Å². The Morgan fingerprint density at radius 2 is 1.75 bits per heavy atom. The smallest absolute Gasteiger partial charge is 0.265 e. The normalized spacial score (nSPS) is 16.2. The Bertz CT molecular complexity index is 1280. The number of hydrogen-bond donors (Lipinski definition) is 1. The van der Waals surface area contributed by atoms with Crippen LogP contribution in [0.25, 0.3) is 0 Å². The highest BCUT2D eigenvalue weighted by Gasteiger charge is 2.35. The first-order chi connectivity index (χ1) is 15.3. The predicted octanol–water partition coefficient (Wildman–Crippen LogP) is 4.03. The van der Waals surface area contributed by atoms with Crippen molar-refractivity contribution in [2.45, 2.75) is 17.2 Å². The second kappa shape index (κ2) is 8.76. The summed E-state index contributed by atoms with van der Waals surface area (Å²) < 4.78 is 40.2. The number of benzene rings is 3. The van der Waals surface area contributed by atoms with E-state index < -0.39 is 15.9 Å². The van der Waals surface area contributed by atoms with Crippen LogP contribution in [-0.4, -0.2) is 26.0 Å². The minimum Gasteiger partial charge on any atom is -0.295 e.